The van der Waals surface area contributed by atoms with E-state index in [2.05, 4.69) is 15.5 Å². The van der Waals surface area contributed by atoms with Crippen molar-refractivity contribution >= 4 is 11.8 Å². The molecule has 0 bridgehead atoms. The number of nitrogens with zero attached hydrogens (tertiary/aromatic N) is 4. The van der Waals surface area contributed by atoms with E-state index in [1.165, 1.54) is 12.8 Å². The lowest BCUT2D eigenvalue weighted by molar-refractivity contribution is -0.159. The van der Waals surface area contributed by atoms with Crippen LogP contribution in [0.2, 0.25) is 0 Å². The Morgan fingerprint density at radius 1 is 1.42 bits per heavy atom. The van der Waals surface area contributed by atoms with Crippen molar-refractivity contribution in [2.45, 2.75) is 49.3 Å². The summed E-state index contributed by atoms with van der Waals surface area (Å²) in [5, 5.41) is 12.4. The zero-order valence-corrected chi connectivity index (χ0v) is 11.6. The van der Waals surface area contributed by atoms with Gasteiger partial charge in [0.1, 0.15) is 0 Å². The fourth-order valence-corrected chi connectivity index (χ4v) is 3.47. The van der Waals surface area contributed by atoms with E-state index in [-0.39, 0.29) is 11.9 Å². The first-order valence-electron chi connectivity index (χ1n) is 6.72. The van der Waals surface area contributed by atoms with Crippen LogP contribution in [0.5, 0.6) is 0 Å². The minimum absolute atomic E-state index is 0.131. The monoisotopic (exact) mass is 285 g/mol. The molecule has 2 aliphatic rings. The predicted octanol–water partition coefficient (Wildman–Crippen LogP) is 0.410. The molecular weight excluding hydrogens is 266 g/mol. The van der Waals surface area contributed by atoms with E-state index in [1.54, 1.807) is 16.4 Å². The van der Waals surface area contributed by atoms with Gasteiger partial charge >= 0.3 is 0 Å². The minimum Gasteiger partial charge on any atom is -0.347 e. The molecule has 1 atom stereocenters. The van der Waals surface area contributed by atoms with Crippen LogP contribution in [0, 0.1) is 0 Å². The van der Waals surface area contributed by atoms with Crippen LogP contribution in [-0.2, 0) is 16.0 Å². The Hall–Kier alpha value is -0.700. The molecule has 1 aliphatic carbocycles. The minimum atomic E-state index is -0.283. The molecule has 1 aromatic rings. The summed E-state index contributed by atoms with van der Waals surface area (Å²) in [4.78, 5) is 0. The van der Waals surface area contributed by atoms with Crippen molar-refractivity contribution in [3.8, 4) is 0 Å². The van der Waals surface area contributed by atoms with Crippen LogP contribution < -0.4 is 5.73 Å². The Morgan fingerprint density at radius 3 is 3.05 bits per heavy atom. The fourth-order valence-electron chi connectivity index (χ4n) is 2.60. The second-order valence-electron chi connectivity index (χ2n) is 4.95. The fraction of sp³-hybridized carbons (Fsp3) is 0.909. The summed E-state index contributed by atoms with van der Waals surface area (Å²) in [6, 6.07) is 0. The molecule has 7 nitrogen and oxygen atoms in total. The molecule has 1 aliphatic heterocycles. The summed E-state index contributed by atoms with van der Waals surface area (Å²) in [7, 11) is 0. The number of rotatable bonds is 5. The standard InChI is InChI=1S/C11H19N5O2S/c12-5-6-16-10(13-14-15-16)19-8-9-7-17-11(18-9)3-1-2-4-11/h9H,1-8,12H2. The highest BCUT2D eigenvalue weighted by atomic mass is 32.2. The maximum atomic E-state index is 6.06. The Kier molecular flexibility index (Phi) is 4.01. The van der Waals surface area contributed by atoms with Crippen LogP contribution in [0.4, 0.5) is 0 Å². The highest BCUT2D eigenvalue weighted by Gasteiger charge is 2.43. The van der Waals surface area contributed by atoms with Gasteiger partial charge < -0.3 is 15.2 Å². The van der Waals surface area contributed by atoms with Crippen molar-refractivity contribution in [2.75, 3.05) is 18.9 Å². The van der Waals surface area contributed by atoms with Gasteiger partial charge in [0.15, 0.2) is 5.79 Å². The average Bonchev–Trinajstić information content (AvgIpc) is 3.12. The van der Waals surface area contributed by atoms with Gasteiger partial charge in [0.05, 0.1) is 19.3 Å². The molecule has 3 rings (SSSR count). The van der Waals surface area contributed by atoms with Crippen LogP contribution in [-0.4, -0.2) is 51.0 Å². The van der Waals surface area contributed by atoms with Gasteiger partial charge in [0, 0.05) is 25.1 Å². The second-order valence-corrected chi connectivity index (χ2v) is 5.94. The van der Waals surface area contributed by atoms with Gasteiger partial charge in [-0.25, -0.2) is 4.68 Å². The number of nitrogens with two attached hydrogens (primary N) is 1. The number of tetrazole rings is 1. The topological polar surface area (TPSA) is 88.1 Å². The Labute approximate surface area is 116 Å². The predicted molar refractivity (Wildman–Crippen MR) is 69.6 cm³/mol. The van der Waals surface area contributed by atoms with E-state index in [1.807, 2.05) is 0 Å². The summed E-state index contributed by atoms with van der Waals surface area (Å²) >= 11 is 1.60. The molecule has 0 amide bonds. The van der Waals surface area contributed by atoms with Gasteiger partial charge in [-0.1, -0.05) is 11.8 Å². The average molecular weight is 285 g/mol. The zero-order valence-electron chi connectivity index (χ0n) is 10.8. The summed E-state index contributed by atoms with van der Waals surface area (Å²) in [5.74, 6) is 0.529. The first-order chi connectivity index (χ1) is 9.31. The first-order valence-corrected chi connectivity index (χ1v) is 7.71. The Morgan fingerprint density at radius 2 is 2.26 bits per heavy atom. The number of ether oxygens (including phenoxy) is 2. The maximum absolute atomic E-state index is 6.06. The SMILES string of the molecule is NCCn1nnnc1SCC1COC2(CCCC2)O1. The lowest BCUT2D eigenvalue weighted by Gasteiger charge is -2.21. The molecule has 19 heavy (non-hydrogen) atoms. The molecule has 1 unspecified atom stereocenters. The van der Waals surface area contributed by atoms with E-state index in [0.29, 0.717) is 19.7 Å². The van der Waals surface area contributed by atoms with Gasteiger partial charge in [-0.3, -0.25) is 0 Å². The van der Waals surface area contributed by atoms with E-state index in [0.717, 1.165) is 23.8 Å². The van der Waals surface area contributed by atoms with Gasteiger partial charge in [0.2, 0.25) is 5.16 Å². The van der Waals surface area contributed by atoms with Crippen molar-refractivity contribution in [2.24, 2.45) is 5.73 Å². The van der Waals surface area contributed by atoms with Crippen LogP contribution in [0.15, 0.2) is 5.16 Å². The smallest absolute Gasteiger partial charge is 0.209 e. The molecule has 1 saturated carbocycles. The van der Waals surface area contributed by atoms with Crippen molar-refractivity contribution in [1.29, 1.82) is 0 Å². The zero-order chi connectivity index (χ0) is 13.1. The molecule has 0 radical (unpaired) electrons. The van der Waals surface area contributed by atoms with Gasteiger partial charge in [-0.05, 0) is 23.3 Å². The molecule has 2 fully saturated rings. The number of thioether (sulfide) groups is 1. The Balaban J connectivity index is 1.51. The van der Waals surface area contributed by atoms with E-state index < -0.39 is 0 Å². The molecule has 1 saturated heterocycles. The molecule has 8 heteroatoms. The summed E-state index contributed by atoms with van der Waals surface area (Å²) in [6.07, 6.45) is 4.59. The van der Waals surface area contributed by atoms with Gasteiger partial charge in [-0.15, -0.1) is 5.10 Å². The van der Waals surface area contributed by atoms with E-state index in [9.17, 15) is 0 Å². The molecule has 2 N–H and O–H groups in total. The Bertz CT molecular complexity index is 421. The lowest BCUT2D eigenvalue weighted by atomic mass is 10.2. The molecule has 1 aromatic heterocycles. The molecule has 2 heterocycles. The van der Waals surface area contributed by atoms with E-state index >= 15 is 0 Å². The molecule has 0 aromatic carbocycles. The summed E-state index contributed by atoms with van der Waals surface area (Å²) < 4.78 is 13.6. The third kappa shape index (κ3) is 2.91. The van der Waals surface area contributed by atoms with Crippen molar-refractivity contribution in [1.82, 2.24) is 20.2 Å². The number of aromatic nitrogens is 4. The van der Waals surface area contributed by atoms with E-state index in [4.69, 9.17) is 15.2 Å². The van der Waals surface area contributed by atoms with Crippen molar-refractivity contribution in [3.63, 3.8) is 0 Å². The first kappa shape index (κ1) is 13.3. The highest BCUT2D eigenvalue weighted by Crippen LogP contribution is 2.40. The van der Waals surface area contributed by atoms with Crippen LogP contribution >= 0.6 is 11.8 Å². The third-order valence-electron chi connectivity index (χ3n) is 3.52. The summed E-state index contributed by atoms with van der Waals surface area (Å²) in [5.41, 5.74) is 5.52. The van der Waals surface area contributed by atoms with Gasteiger partial charge in [0.25, 0.3) is 0 Å². The van der Waals surface area contributed by atoms with Crippen LogP contribution in [0.25, 0.3) is 0 Å². The quantitative estimate of drug-likeness (QED) is 0.784. The second kappa shape index (κ2) is 5.74. The molecular formula is C11H19N5O2S. The normalized spacial score (nSPS) is 25.4. The largest absolute Gasteiger partial charge is 0.347 e. The number of hydrogen-bond acceptors (Lipinski definition) is 7. The third-order valence-corrected chi connectivity index (χ3v) is 4.61. The highest BCUT2D eigenvalue weighted by molar-refractivity contribution is 7.99. The lowest BCUT2D eigenvalue weighted by Crippen LogP contribution is -2.27. The summed E-state index contributed by atoms with van der Waals surface area (Å²) in [6.45, 7) is 1.84. The maximum Gasteiger partial charge on any atom is 0.209 e. The van der Waals surface area contributed by atoms with Crippen LogP contribution in [0.1, 0.15) is 25.7 Å². The van der Waals surface area contributed by atoms with Crippen molar-refractivity contribution in [3.05, 3.63) is 0 Å². The molecule has 1 spiro atoms. The van der Waals surface area contributed by atoms with Crippen molar-refractivity contribution < 1.29 is 9.47 Å². The van der Waals surface area contributed by atoms with Crippen LogP contribution in [0.3, 0.4) is 0 Å². The molecule has 106 valence electrons. The van der Waals surface area contributed by atoms with Gasteiger partial charge in [-0.2, -0.15) is 0 Å². The number of hydrogen-bond donors (Lipinski definition) is 1.